The minimum Gasteiger partial charge on any atom is -0.495 e. The predicted molar refractivity (Wildman–Crippen MR) is 83.0 cm³/mol. The zero-order valence-corrected chi connectivity index (χ0v) is 13.6. The Morgan fingerprint density at radius 2 is 1.90 bits per heavy atom. The van der Waals surface area contributed by atoms with Gasteiger partial charge in [-0.2, -0.15) is 0 Å². The number of ether oxygens (including phenoxy) is 2. The normalized spacial score (nSPS) is 14.8. The summed E-state index contributed by atoms with van der Waals surface area (Å²) < 4.78 is 36.9. The number of benzene rings is 1. The lowest BCUT2D eigenvalue weighted by Gasteiger charge is -2.14. The minimum absolute atomic E-state index is 0.00238. The highest BCUT2D eigenvalue weighted by atomic mass is 35.5. The van der Waals surface area contributed by atoms with Crippen LogP contribution in [-0.2, 0) is 10.0 Å². The van der Waals surface area contributed by atoms with Crippen molar-refractivity contribution in [2.45, 2.75) is 18.9 Å². The Morgan fingerprint density at radius 1 is 1.24 bits per heavy atom. The van der Waals surface area contributed by atoms with E-state index in [0.717, 1.165) is 12.8 Å². The molecule has 1 aliphatic carbocycles. The fourth-order valence-electron chi connectivity index (χ4n) is 1.84. The number of anilines is 1. The van der Waals surface area contributed by atoms with Gasteiger partial charge in [0.25, 0.3) is 0 Å². The molecule has 0 heterocycles. The Morgan fingerprint density at radius 3 is 2.48 bits per heavy atom. The SMILES string of the molecule is COc1cc(NS(=O)(=O)CCNC2CC2)c(OC)cc1Cl. The molecule has 0 spiro atoms. The highest BCUT2D eigenvalue weighted by Crippen LogP contribution is 2.36. The molecule has 1 aliphatic rings. The molecule has 0 bridgehead atoms. The Hall–Kier alpha value is -1.18. The van der Waals surface area contributed by atoms with Gasteiger partial charge in [0.1, 0.15) is 11.5 Å². The lowest BCUT2D eigenvalue weighted by Crippen LogP contribution is -2.28. The Labute approximate surface area is 129 Å². The minimum atomic E-state index is -3.46. The maximum Gasteiger partial charge on any atom is 0.234 e. The first-order valence-electron chi connectivity index (χ1n) is 6.60. The first kappa shape index (κ1) is 16.2. The second kappa shape index (κ2) is 6.72. The van der Waals surface area contributed by atoms with Crippen LogP contribution in [0.25, 0.3) is 0 Å². The van der Waals surface area contributed by atoms with E-state index >= 15 is 0 Å². The van der Waals surface area contributed by atoms with Gasteiger partial charge in [-0.15, -0.1) is 0 Å². The quantitative estimate of drug-likeness (QED) is 0.758. The average molecular weight is 335 g/mol. The number of rotatable bonds is 8. The Bertz CT molecular complexity index is 602. The summed E-state index contributed by atoms with van der Waals surface area (Å²) in [5.41, 5.74) is 0.310. The van der Waals surface area contributed by atoms with Crippen LogP contribution in [0.4, 0.5) is 5.69 Å². The Kier molecular flexibility index (Phi) is 5.18. The van der Waals surface area contributed by atoms with E-state index in [9.17, 15) is 8.42 Å². The Balaban J connectivity index is 2.08. The molecule has 8 heteroatoms. The van der Waals surface area contributed by atoms with Crippen LogP contribution >= 0.6 is 11.6 Å². The molecule has 0 unspecified atom stereocenters. The second-order valence-corrected chi connectivity index (χ2v) is 7.09. The van der Waals surface area contributed by atoms with E-state index in [0.29, 0.717) is 34.8 Å². The van der Waals surface area contributed by atoms with Crippen LogP contribution in [0.1, 0.15) is 12.8 Å². The van der Waals surface area contributed by atoms with Crippen LogP contribution in [0.5, 0.6) is 11.5 Å². The van der Waals surface area contributed by atoms with Crippen LogP contribution in [0.3, 0.4) is 0 Å². The molecule has 0 atom stereocenters. The van der Waals surface area contributed by atoms with E-state index in [1.165, 1.54) is 26.4 Å². The molecule has 6 nitrogen and oxygen atoms in total. The third kappa shape index (κ3) is 4.66. The molecule has 1 saturated carbocycles. The number of hydrogen-bond donors (Lipinski definition) is 2. The summed E-state index contributed by atoms with van der Waals surface area (Å²) in [5, 5.41) is 3.52. The predicted octanol–water partition coefficient (Wildman–Crippen LogP) is 1.85. The van der Waals surface area contributed by atoms with Crippen molar-refractivity contribution in [2.75, 3.05) is 31.2 Å². The van der Waals surface area contributed by atoms with E-state index < -0.39 is 10.0 Å². The first-order chi connectivity index (χ1) is 9.95. The summed E-state index contributed by atoms with van der Waals surface area (Å²) >= 11 is 5.98. The van der Waals surface area contributed by atoms with Crippen LogP contribution in [0.2, 0.25) is 5.02 Å². The monoisotopic (exact) mass is 334 g/mol. The van der Waals surface area contributed by atoms with Crippen LogP contribution in [-0.4, -0.2) is 41.0 Å². The molecule has 1 aromatic carbocycles. The van der Waals surface area contributed by atoms with Gasteiger partial charge in [-0.3, -0.25) is 4.72 Å². The van der Waals surface area contributed by atoms with Gasteiger partial charge in [0.2, 0.25) is 10.0 Å². The van der Waals surface area contributed by atoms with Crippen molar-refractivity contribution in [3.63, 3.8) is 0 Å². The molecular weight excluding hydrogens is 316 g/mol. The maximum absolute atomic E-state index is 12.1. The van der Waals surface area contributed by atoms with E-state index in [2.05, 4.69) is 10.0 Å². The van der Waals surface area contributed by atoms with E-state index in [4.69, 9.17) is 21.1 Å². The van der Waals surface area contributed by atoms with E-state index in [1.54, 1.807) is 0 Å². The molecular formula is C13H19ClN2O4S. The second-order valence-electron chi connectivity index (χ2n) is 4.84. The molecule has 1 aromatic rings. The third-order valence-corrected chi connectivity index (χ3v) is 4.69. The van der Waals surface area contributed by atoms with Crippen LogP contribution < -0.4 is 19.5 Å². The summed E-state index contributed by atoms with van der Waals surface area (Å²) in [4.78, 5) is 0. The average Bonchev–Trinajstić information content (AvgIpc) is 3.24. The van der Waals surface area contributed by atoms with Crippen molar-refractivity contribution in [1.29, 1.82) is 0 Å². The summed E-state index contributed by atoms with van der Waals surface area (Å²) in [6, 6.07) is 3.50. The maximum atomic E-state index is 12.1. The fourth-order valence-corrected chi connectivity index (χ4v) is 3.06. The summed E-state index contributed by atoms with van der Waals surface area (Å²) in [6.45, 7) is 0.424. The number of sulfonamides is 1. The van der Waals surface area contributed by atoms with Crippen LogP contribution in [0, 0.1) is 0 Å². The van der Waals surface area contributed by atoms with Crippen molar-refractivity contribution < 1.29 is 17.9 Å². The number of nitrogens with one attached hydrogen (secondary N) is 2. The van der Waals surface area contributed by atoms with Crippen molar-refractivity contribution >= 4 is 27.3 Å². The number of methoxy groups -OCH3 is 2. The van der Waals surface area contributed by atoms with E-state index in [1.807, 2.05) is 0 Å². The standard InChI is InChI=1S/C13H19ClN2O4S/c1-19-12-8-11(13(20-2)7-10(12)14)16-21(17,18)6-5-15-9-3-4-9/h7-9,15-16H,3-6H2,1-2H3. The van der Waals surface area contributed by atoms with Gasteiger partial charge in [-0.25, -0.2) is 8.42 Å². The van der Waals surface area contributed by atoms with Crippen molar-refractivity contribution in [3.05, 3.63) is 17.2 Å². The van der Waals surface area contributed by atoms with Crippen molar-refractivity contribution in [2.24, 2.45) is 0 Å². The van der Waals surface area contributed by atoms with E-state index in [-0.39, 0.29) is 5.75 Å². The fraction of sp³-hybridized carbons (Fsp3) is 0.538. The highest BCUT2D eigenvalue weighted by molar-refractivity contribution is 7.92. The van der Waals surface area contributed by atoms with Gasteiger partial charge in [-0.05, 0) is 12.8 Å². The largest absolute Gasteiger partial charge is 0.495 e. The molecule has 0 aliphatic heterocycles. The number of hydrogen-bond acceptors (Lipinski definition) is 5. The van der Waals surface area contributed by atoms with Gasteiger partial charge < -0.3 is 14.8 Å². The smallest absolute Gasteiger partial charge is 0.234 e. The molecule has 2 N–H and O–H groups in total. The van der Waals surface area contributed by atoms with Crippen molar-refractivity contribution in [1.82, 2.24) is 5.32 Å². The summed E-state index contributed by atoms with van der Waals surface area (Å²) in [7, 11) is -0.551. The molecule has 0 radical (unpaired) electrons. The molecule has 0 amide bonds. The van der Waals surface area contributed by atoms with Crippen LogP contribution in [0.15, 0.2) is 12.1 Å². The topological polar surface area (TPSA) is 76.7 Å². The first-order valence-corrected chi connectivity index (χ1v) is 8.63. The summed E-state index contributed by atoms with van der Waals surface area (Å²) in [5.74, 6) is 0.725. The lowest BCUT2D eigenvalue weighted by molar-refractivity contribution is 0.405. The molecule has 2 rings (SSSR count). The zero-order chi connectivity index (χ0) is 15.5. The summed E-state index contributed by atoms with van der Waals surface area (Å²) in [6.07, 6.45) is 2.24. The van der Waals surface area contributed by atoms with Gasteiger partial charge in [0.05, 0.1) is 30.7 Å². The molecule has 118 valence electrons. The molecule has 0 saturated heterocycles. The zero-order valence-electron chi connectivity index (χ0n) is 12.0. The van der Waals surface area contributed by atoms with Gasteiger partial charge in [0, 0.05) is 24.7 Å². The molecule has 1 fully saturated rings. The lowest BCUT2D eigenvalue weighted by atomic mass is 10.3. The molecule has 21 heavy (non-hydrogen) atoms. The molecule has 0 aromatic heterocycles. The van der Waals surface area contributed by atoms with Gasteiger partial charge in [-0.1, -0.05) is 11.6 Å². The van der Waals surface area contributed by atoms with Gasteiger partial charge >= 0.3 is 0 Å². The van der Waals surface area contributed by atoms with Crippen molar-refractivity contribution in [3.8, 4) is 11.5 Å². The highest BCUT2D eigenvalue weighted by Gasteiger charge is 2.22. The number of halogens is 1. The van der Waals surface area contributed by atoms with Gasteiger partial charge in [0.15, 0.2) is 0 Å². The third-order valence-electron chi connectivity index (χ3n) is 3.12.